The third kappa shape index (κ3) is 3.28. The van der Waals surface area contributed by atoms with Gasteiger partial charge in [-0.3, -0.25) is 0 Å². The Morgan fingerprint density at radius 2 is 1.90 bits per heavy atom. The number of nitrogens with two attached hydrogens (primary N) is 1. The Labute approximate surface area is 119 Å². The van der Waals surface area contributed by atoms with Crippen molar-refractivity contribution < 1.29 is 12.8 Å². The molecule has 0 amide bonds. The lowest BCUT2D eigenvalue weighted by molar-refractivity contribution is 0.135. The molecule has 0 radical (unpaired) electrons. The van der Waals surface area contributed by atoms with Crippen molar-refractivity contribution in [2.45, 2.75) is 50.1 Å². The SMILES string of the molecule is CC1CCCC(C)N1Nc1ccc(S(N)(=O)=O)cc1F. The van der Waals surface area contributed by atoms with Gasteiger partial charge >= 0.3 is 0 Å². The summed E-state index contributed by atoms with van der Waals surface area (Å²) in [4.78, 5) is -0.222. The summed E-state index contributed by atoms with van der Waals surface area (Å²) >= 11 is 0. The molecule has 1 aliphatic heterocycles. The molecular weight excluding hydrogens is 281 g/mol. The number of benzene rings is 1. The fourth-order valence-electron chi connectivity index (χ4n) is 2.54. The topological polar surface area (TPSA) is 75.4 Å². The van der Waals surface area contributed by atoms with Gasteiger partial charge in [-0.1, -0.05) is 6.42 Å². The minimum atomic E-state index is -3.88. The van der Waals surface area contributed by atoms with Crippen LogP contribution >= 0.6 is 0 Å². The first kappa shape index (κ1) is 15.2. The summed E-state index contributed by atoms with van der Waals surface area (Å²) in [5, 5.41) is 6.99. The maximum Gasteiger partial charge on any atom is 0.238 e. The maximum atomic E-state index is 14.0. The Bertz CT molecular complexity index is 581. The van der Waals surface area contributed by atoms with Crippen LogP contribution in [0.15, 0.2) is 23.1 Å². The monoisotopic (exact) mass is 301 g/mol. The van der Waals surface area contributed by atoms with Gasteiger partial charge in [0.05, 0.1) is 10.6 Å². The molecule has 2 atom stereocenters. The summed E-state index contributed by atoms with van der Waals surface area (Å²) in [5.74, 6) is -0.624. The van der Waals surface area contributed by atoms with Gasteiger partial charge in [0.1, 0.15) is 5.82 Å². The Hall–Kier alpha value is -1.18. The van der Waals surface area contributed by atoms with Crippen molar-refractivity contribution in [3.05, 3.63) is 24.0 Å². The molecule has 1 aliphatic rings. The van der Waals surface area contributed by atoms with Crippen LogP contribution in [0.5, 0.6) is 0 Å². The maximum absolute atomic E-state index is 14.0. The fraction of sp³-hybridized carbons (Fsp3) is 0.538. The number of piperidine rings is 1. The number of halogens is 1. The van der Waals surface area contributed by atoms with Crippen LogP contribution in [-0.4, -0.2) is 25.5 Å². The highest BCUT2D eigenvalue weighted by atomic mass is 32.2. The predicted octanol–water partition coefficient (Wildman–Crippen LogP) is 2.06. The van der Waals surface area contributed by atoms with Crippen molar-refractivity contribution in [1.82, 2.24) is 5.01 Å². The van der Waals surface area contributed by atoms with Gasteiger partial charge in [0.2, 0.25) is 10.0 Å². The quantitative estimate of drug-likeness (QED) is 0.896. The summed E-state index contributed by atoms with van der Waals surface area (Å²) in [5.41, 5.74) is 3.31. The molecule has 2 unspecified atom stereocenters. The summed E-state index contributed by atoms with van der Waals surface area (Å²) in [6.07, 6.45) is 3.26. The molecule has 0 saturated carbocycles. The van der Waals surface area contributed by atoms with Gasteiger partial charge in [-0.15, -0.1) is 0 Å². The van der Waals surface area contributed by atoms with Crippen molar-refractivity contribution in [3.8, 4) is 0 Å². The molecule has 0 bridgehead atoms. The molecule has 1 fully saturated rings. The number of hydrogen-bond donors (Lipinski definition) is 2. The molecule has 1 saturated heterocycles. The third-order valence-electron chi connectivity index (χ3n) is 3.71. The molecule has 112 valence electrons. The van der Waals surface area contributed by atoms with Crippen molar-refractivity contribution in [2.75, 3.05) is 5.43 Å². The number of hydrogen-bond acceptors (Lipinski definition) is 4. The van der Waals surface area contributed by atoms with Crippen molar-refractivity contribution >= 4 is 15.7 Å². The van der Waals surface area contributed by atoms with Gasteiger partial charge in [-0.2, -0.15) is 0 Å². The standard InChI is InChI=1S/C13H20FN3O2S/c1-9-4-3-5-10(2)17(9)16-13-7-6-11(8-12(13)14)20(15,18)19/h6-10,16H,3-5H2,1-2H3,(H2,15,18,19). The molecule has 0 aromatic heterocycles. The van der Waals surface area contributed by atoms with E-state index < -0.39 is 15.8 Å². The van der Waals surface area contributed by atoms with E-state index >= 15 is 0 Å². The average Bonchev–Trinajstić information content (AvgIpc) is 2.34. The van der Waals surface area contributed by atoms with Gasteiger partial charge in [0.15, 0.2) is 0 Å². The van der Waals surface area contributed by atoms with Crippen LogP contribution in [0, 0.1) is 5.82 Å². The first-order valence-electron chi connectivity index (χ1n) is 6.66. The number of primary sulfonamides is 1. The van der Waals surface area contributed by atoms with E-state index in [1.807, 2.05) is 5.01 Å². The average molecular weight is 301 g/mol. The first-order valence-corrected chi connectivity index (χ1v) is 8.21. The smallest absolute Gasteiger partial charge is 0.238 e. The third-order valence-corrected chi connectivity index (χ3v) is 4.62. The van der Waals surface area contributed by atoms with E-state index in [1.54, 1.807) is 0 Å². The van der Waals surface area contributed by atoms with Crippen molar-refractivity contribution in [3.63, 3.8) is 0 Å². The number of hydrazine groups is 1. The number of nitrogens with one attached hydrogen (secondary N) is 1. The Kier molecular flexibility index (Phi) is 4.31. The summed E-state index contributed by atoms with van der Waals surface area (Å²) < 4.78 is 36.3. The minimum Gasteiger partial charge on any atom is -0.316 e. The second-order valence-electron chi connectivity index (χ2n) is 5.33. The molecule has 0 spiro atoms. The molecule has 1 aromatic rings. The minimum absolute atomic E-state index is 0.222. The van der Waals surface area contributed by atoms with Crippen molar-refractivity contribution in [1.29, 1.82) is 0 Å². The zero-order valence-electron chi connectivity index (χ0n) is 11.6. The van der Waals surface area contributed by atoms with Crippen LogP contribution in [0.4, 0.5) is 10.1 Å². The Balaban J connectivity index is 2.21. The molecule has 1 heterocycles. The number of rotatable bonds is 3. The molecule has 1 aromatic carbocycles. The molecule has 5 nitrogen and oxygen atoms in total. The Morgan fingerprint density at radius 3 is 2.40 bits per heavy atom. The predicted molar refractivity (Wildman–Crippen MR) is 76.0 cm³/mol. The largest absolute Gasteiger partial charge is 0.316 e. The molecule has 0 aliphatic carbocycles. The van der Waals surface area contributed by atoms with Crippen LogP contribution < -0.4 is 10.6 Å². The molecule has 7 heteroatoms. The van der Waals surface area contributed by atoms with E-state index in [9.17, 15) is 12.8 Å². The van der Waals surface area contributed by atoms with Crippen LogP contribution in [0.2, 0.25) is 0 Å². The zero-order valence-corrected chi connectivity index (χ0v) is 12.5. The highest BCUT2D eigenvalue weighted by Gasteiger charge is 2.25. The Morgan fingerprint density at radius 1 is 1.30 bits per heavy atom. The van der Waals surface area contributed by atoms with Gasteiger partial charge < -0.3 is 5.43 Å². The highest BCUT2D eigenvalue weighted by Crippen LogP contribution is 2.25. The van der Waals surface area contributed by atoms with Gasteiger partial charge in [-0.25, -0.2) is 23.0 Å². The number of nitrogens with zero attached hydrogens (tertiary/aromatic N) is 1. The molecule has 3 N–H and O–H groups in total. The second-order valence-corrected chi connectivity index (χ2v) is 6.90. The summed E-state index contributed by atoms with van der Waals surface area (Å²) in [6.45, 7) is 4.17. The summed E-state index contributed by atoms with van der Waals surface area (Å²) in [7, 11) is -3.88. The number of sulfonamides is 1. The van der Waals surface area contributed by atoms with E-state index in [2.05, 4.69) is 19.3 Å². The van der Waals surface area contributed by atoms with Crippen LogP contribution in [-0.2, 0) is 10.0 Å². The lowest BCUT2D eigenvalue weighted by Gasteiger charge is -2.39. The van der Waals surface area contributed by atoms with E-state index in [-0.39, 0.29) is 10.6 Å². The van der Waals surface area contributed by atoms with E-state index in [4.69, 9.17) is 5.14 Å². The summed E-state index contributed by atoms with van der Waals surface area (Å²) in [6, 6.07) is 4.26. The normalized spacial score (nSPS) is 24.6. The molecule has 20 heavy (non-hydrogen) atoms. The van der Waals surface area contributed by atoms with E-state index in [0.29, 0.717) is 12.1 Å². The van der Waals surface area contributed by atoms with E-state index in [0.717, 1.165) is 25.3 Å². The lowest BCUT2D eigenvalue weighted by Crippen LogP contribution is -2.47. The fourth-order valence-corrected chi connectivity index (χ4v) is 3.07. The van der Waals surface area contributed by atoms with Crippen LogP contribution in [0.3, 0.4) is 0 Å². The van der Waals surface area contributed by atoms with Crippen LogP contribution in [0.1, 0.15) is 33.1 Å². The molecule has 2 rings (SSSR count). The van der Waals surface area contributed by atoms with Crippen molar-refractivity contribution in [2.24, 2.45) is 5.14 Å². The second kappa shape index (κ2) is 5.67. The van der Waals surface area contributed by atoms with Crippen LogP contribution in [0.25, 0.3) is 0 Å². The molecular formula is C13H20FN3O2S. The van der Waals surface area contributed by atoms with E-state index in [1.165, 1.54) is 12.1 Å². The lowest BCUT2D eigenvalue weighted by atomic mass is 10.00. The van der Waals surface area contributed by atoms with Gasteiger partial charge in [-0.05, 0) is 44.9 Å². The highest BCUT2D eigenvalue weighted by molar-refractivity contribution is 7.89. The zero-order chi connectivity index (χ0) is 14.9. The first-order chi connectivity index (χ1) is 9.29. The number of anilines is 1. The van der Waals surface area contributed by atoms with Gasteiger partial charge in [0.25, 0.3) is 0 Å². The van der Waals surface area contributed by atoms with Gasteiger partial charge in [0, 0.05) is 12.1 Å².